The summed E-state index contributed by atoms with van der Waals surface area (Å²) in [4.78, 5) is 18.1. The number of nitrogens with zero attached hydrogens (tertiary/aromatic N) is 3. The average Bonchev–Trinajstić information content (AvgIpc) is 3.02. The van der Waals surface area contributed by atoms with Crippen molar-refractivity contribution in [3.63, 3.8) is 0 Å². The van der Waals surface area contributed by atoms with Crippen LogP contribution in [0.4, 0.5) is 4.79 Å². The highest BCUT2D eigenvalue weighted by atomic mass is 35.5. The van der Waals surface area contributed by atoms with Crippen molar-refractivity contribution >= 4 is 18.4 Å². The second-order valence-electron chi connectivity index (χ2n) is 6.43. The van der Waals surface area contributed by atoms with Gasteiger partial charge in [0.1, 0.15) is 0 Å². The summed E-state index contributed by atoms with van der Waals surface area (Å²) in [6.45, 7) is 4.68. The molecule has 1 aliphatic rings. The van der Waals surface area contributed by atoms with Crippen LogP contribution in [0.25, 0.3) is 0 Å². The first-order valence-corrected chi connectivity index (χ1v) is 8.39. The number of aryl methyl sites for hydroxylation is 1. The molecule has 1 aromatic carbocycles. The van der Waals surface area contributed by atoms with E-state index in [2.05, 4.69) is 25.7 Å². The zero-order chi connectivity index (χ0) is 17.8. The largest absolute Gasteiger partial charge is 0.352 e. The SMILES string of the molecule is Cc1cccc(C(Cc2nc(C3CNCCN3C)no2)NC(N)=O)c1.Cl. The van der Waals surface area contributed by atoms with E-state index < -0.39 is 6.03 Å². The highest BCUT2D eigenvalue weighted by Crippen LogP contribution is 2.22. The Labute approximate surface area is 158 Å². The number of amides is 2. The third-order valence-corrected chi connectivity index (χ3v) is 4.43. The van der Waals surface area contributed by atoms with Gasteiger partial charge in [0.05, 0.1) is 18.5 Å². The number of halogens is 1. The summed E-state index contributed by atoms with van der Waals surface area (Å²) in [7, 11) is 2.05. The molecular formula is C17H25ClN6O2. The molecular weight excluding hydrogens is 356 g/mol. The highest BCUT2D eigenvalue weighted by Gasteiger charge is 2.26. The average molecular weight is 381 g/mol. The van der Waals surface area contributed by atoms with Crippen molar-refractivity contribution in [2.45, 2.75) is 25.4 Å². The summed E-state index contributed by atoms with van der Waals surface area (Å²) in [5, 5.41) is 10.2. The highest BCUT2D eigenvalue weighted by molar-refractivity contribution is 5.85. The Hall–Kier alpha value is -2.16. The number of likely N-dealkylation sites (N-methyl/N-ethyl adjacent to an activating group) is 1. The maximum Gasteiger partial charge on any atom is 0.312 e. The zero-order valence-corrected chi connectivity index (χ0v) is 15.8. The normalized spacial score (nSPS) is 18.8. The van der Waals surface area contributed by atoms with E-state index in [1.807, 2.05) is 38.2 Å². The summed E-state index contributed by atoms with van der Waals surface area (Å²) in [5.74, 6) is 1.14. The molecule has 2 heterocycles. The maximum atomic E-state index is 11.4. The fourth-order valence-corrected chi connectivity index (χ4v) is 3.07. The number of carbonyl (C=O) groups excluding carboxylic acids is 1. The molecule has 0 spiro atoms. The van der Waals surface area contributed by atoms with Gasteiger partial charge in [-0.3, -0.25) is 4.90 Å². The van der Waals surface area contributed by atoms with Gasteiger partial charge in [0.2, 0.25) is 5.89 Å². The number of piperazine rings is 1. The number of aromatic nitrogens is 2. The van der Waals surface area contributed by atoms with Crippen LogP contribution in [0.5, 0.6) is 0 Å². The van der Waals surface area contributed by atoms with Crippen LogP contribution >= 0.6 is 12.4 Å². The lowest BCUT2D eigenvalue weighted by Crippen LogP contribution is -2.44. The third kappa shape index (κ3) is 4.94. The van der Waals surface area contributed by atoms with E-state index in [-0.39, 0.29) is 24.5 Å². The lowest BCUT2D eigenvalue weighted by atomic mass is 10.0. The minimum absolute atomic E-state index is 0. The molecule has 26 heavy (non-hydrogen) atoms. The number of hydrogen-bond acceptors (Lipinski definition) is 6. The molecule has 2 aromatic rings. The summed E-state index contributed by atoms with van der Waals surface area (Å²) >= 11 is 0. The first-order valence-electron chi connectivity index (χ1n) is 8.39. The number of nitrogens with one attached hydrogen (secondary N) is 2. The van der Waals surface area contributed by atoms with Gasteiger partial charge in [-0.25, -0.2) is 4.79 Å². The van der Waals surface area contributed by atoms with Crippen LogP contribution in [0.3, 0.4) is 0 Å². The molecule has 9 heteroatoms. The fourth-order valence-electron chi connectivity index (χ4n) is 3.07. The van der Waals surface area contributed by atoms with Gasteiger partial charge in [-0.15, -0.1) is 12.4 Å². The Morgan fingerprint density at radius 1 is 1.54 bits per heavy atom. The molecule has 0 aliphatic carbocycles. The van der Waals surface area contributed by atoms with Gasteiger partial charge in [0, 0.05) is 19.6 Å². The lowest BCUT2D eigenvalue weighted by Gasteiger charge is -2.30. The molecule has 0 saturated carbocycles. The number of urea groups is 1. The van der Waals surface area contributed by atoms with E-state index in [9.17, 15) is 4.79 Å². The lowest BCUT2D eigenvalue weighted by molar-refractivity contribution is 0.190. The quantitative estimate of drug-likeness (QED) is 0.721. The van der Waals surface area contributed by atoms with Gasteiger partial charge in [-0.05, 0) is 19.5 Å². The molecule has 3 rings (SSSR count). The molecule has 1 fully saturated rings. The molecule has 1 aliphatic heterocycles. The third-order valence-electron chi connectivity index (χ3n) is 4.43. The summed E-state index contributed by atoms with van der Waals surface area (Å²) in [5.41, 5.74) is 7.39. The van der Waals surface area contributed by atoms with Crippen molar-refractivity contribution in [3.8, 4) is 0 Å². The first kappa shape index (κ1) is 20.2. The van der Waals surface area contributed by atoms with E-state index >= 15 is 0 Å². The monoisotopic (exact) mass is 380 g/mol. The Morgan fingerprint density at radius 2 is 2.35 bits per heavy atom. The Kier molecular flexibility index (Phi) is 6.96. The topological polar surface area (TPSA) is 109 Å². The maximum absolute atomic E-state index is 11.4. The predicted molar refractivity (Wildman–Crippen MR) is 100 cm³/mol. The van der Waals surface area contributed by atoms with Crippen molar-refractivity contribution in [1.29, 1.82) is 0 Å². The molecule has 8 nitrogen and oxygen atoms in total. The van der Waals surface area contributed by atoms with Crippen LogP contribution in [0.2, 0.25) is 0 Å². The van der Waals surface area contributed by atoms with E-state index in [1.54, 1.807) is 0 Å². The number of benzene rings is 1. The van der Waals surface area contributed by atoms with Crippen LogP contribution in [0.15, 0.2) is 28.8 Å². The van der Waals surface area contributed by atoms with Gasteiger partial charge >= 0.3 is 6.03 Å². The zero-order valence-electron chi connectivity index (χ0n) is 14.9. The summed E-state index contributed by atoms with van der Waals surface area (Å²) in [6.07, 6.45) is 0.392. The number of carbonyl (C=O) groups is 1. The molecule has 0 radical (unpaired) electrons. The minimum atomic E-state index is -0.581. The summed E-state index contributed by atoms with van der Waals surface area (Å²) in [6, 6.07) is 7.10. The van der Waals surface area contributed by atoms with Crippen molar-refractivity contribution in [2.24, 2.45) is 5.73 Å². The van der Waals surface area contributed by atoms with Crippen molar-refractivity contribution in [2.75, 3.05) is 26.7 Å². The van der Waals surface area contributed by atoms with E-state index in [0.29, 0.717) is 18.1 Å². The molecule has 0 bridgehead atoms. The van der Waals surface area contributed by atoms with Crippen molar-refractivity contribution in [1.82, 2.24) is 25.7 Å². The smallest absolute Gasteiger partial charge is 0.312 e. The van der Waals surface area contributed by atoms with Crippen LogP contribution in [0, 0.1) is 6.92 Å². The van der Waals surface area contributed by atoms with Gasteiger partial charge in [0.25, 0.3) is 0 Å². The van der Waals surface area contributed by atoms with Gasteiger partial charge in [-0.2, -0.15) is 4.98 Å². The Bertz CT molecular complexity index is 738. The van der Waals surface area contributed by atoms with Crippen LogP contribution in [0.1, 0.15) is 34.9 Å². The second-order valence-corrected chi connectivity index (χ2v) is 6.43. The minimum Gasteiger partial charge on any atom is -0.352 e. The molecule has 1 aromatic heterocycles. The number of nitrogens with two attached hydrogens (primary N) is 1. The van der Waals surface area contributed by atoms with E-state index in [0.717, 1.165) is 30.8 Å². The molecule has 142 valence electrons. The van der Waals surface area contributed by atoms with Crippen LogP contribution in [-0.2, 0) is 6.42 Å². The van der Waals surface area contributed by atoms with Crippen LogP contribution in [-0.4, -0.2) is 47.8 Å². The fraction of sp³-hybridized carbons (Fsp3) is 0.471. The molecule has 2 atom stereocenters. The van der Waals surface area contributed by atoms with Crippen molar-refractivity contribution < 1.29 is 9.32 Å². The number of hydrogen-bond donors (Lipinski definition) is 3. The van der Waals surface area contributed by atoms with Gasteiger partial charge in [-0.1, -0.05) is 35.0 Å². The number of primary amides is 1. The molecule has 1 saturated heterocycles. The standard InChI is InChI=1S/C17H24N6O2.ClH/c1-11-4-3-5-12(8-11)13(20-17(18)24)9-15-21-16(22-25-15)14-10-19-6-7-23(14)2;/h3-5,8,13-14,19H,6-7,9-10H2,1-2H3,(H3,18,20,24);1H. The van der Waals surface area contributed by atoms with Crippen molar-refractivity contribution in [3.05, 3.63) is 47.1 Å². The predicted octanol–water partition coefficient (Wildman–Crippen LogP) is 1.33. The van der Waals surface area contributed by atoms with Crippen LogP contribution < -0.4 is 16.4 Å². The Morgan fingerprint density at radius 3 is 3.04 bits per heavy atom. The van der Waals surface area contributed by atoms with Gasteiger partial charge < -0.3 is 20.9 Å². The van der Waals surface area contributed by atoms with Gasteiger partial charge in [0.15, 0.2) is 5.82 Å². The van der Waals surface area contributed by atoms with E-state index in [1.165, 1.54) is 0 Å². The molecule has 4 N–H and O–H groups in total. The summed E-state index contributed by atoms with van der Waals surface area (Å²) < 4.78 is 5.42. The Balaban J connectivity index is 0.00000243. The number of rotatable bonds is 5. The molecule has 2 unspecified atom stereocenters. The first-order chi connectivity index (χ1) is 12.0. The second kappa shape index (κ2) is 8.98. The molecule has 2 amide bonds. The van der Waals surface area contributed by atoms with E-state index in [4.69, 9.17) is 10.3 Å².